The molecule has 1 unspecified atom stereocenters. The molecule has 0 fully saturated rings. The first-order chi connectivity index (χ1) is 16.0. The highest BCUT2D eigenvalue weighted by molar-refractivity contribution is 6.30. The lowest BCUT2D eigenvalue weighted by Crippen LogP contribution is -2.31. The normalized spacial score (nSPS) is 17.2. The third-order valence-electron chi connectivity index (χ3n) is 5.97. The second-order valence-electron chi connectivity index (χ2n) is 7.87. The number of benzene rings is 2. The Morgan fingerprint density at radius 2 is 1.73 bits per heavy atom. The van der Waals surface area contributed by atoms with Gasteiger partial charge in [0.15, 0.2) is 23.1 Å². The SMILES string of the molecule is COc1cc(C2C3=C(CCCC3=O)Nc3nc(-c4ccc(Cl)cc4)nn32)cc(OC)c1OC. The minimum atomic E-state index is -0.480. The van der Waals surface area contributed by atoms with Gasteiger partial charge >= 0.3 is 0 Å². The minimum Gasteiger partial charge on any atom is -0.493 e. The number of nitrogens with one attached hydrogen (secondary N) is 1. The second-order valence-corrected chi connectivity index (χ2v) is 8.30. The van der Waals surface area contributed by atoms with Gasteiger partial charge in [-0.3, -0.25) is 4.79 Å². The summed E-state index contributed by atoms with van der Waals surface area (Å²) in [6.07, 6.45) is 2.06. The maximum Gasteiger partial charge on any atom is 0.226 e. The number of allylic oxidation sites excluding steroid dienone is 2. The van der Waals surface area contributed by atoms with Crippen LogP contribution < -0.4 is 19.5 Å². The highest BCUT2D eigenvalue weighted by atomic mass is 35.5. The van der Waals surface area contributed by atoms with Crippen LogP contribution in [-0.4, -0.2) is 41.9 Å². The second kappa shape index (κ2) is 8.44. The summed E-state index contributed by atoms with van der Waals surface area (Å²) in [5, 5.41) is 8.77. The first kappa shape index (κ1) is 21.3. The van der Waals surface area contributed by atoms with Crippen LogP contribution in [0.2, 0.25) is 5.02 Å². The molecule has 2 heterocycles. The van der Waals surface area contributed by atoms with E-state index in [1.807, 2.05) is 24.3 Å². The van der Waals surface area contributed by atoms with Crippen molar-refractivity contribution < 1.29 is 19.0 Å². The van der Waals surface area contributed by atoms with Gasteiger partial charge in [-0.2, -0.15) is 4.98 Å². The Labute approximate surface area is 196 Å². The van der Waals surface area contributed by atoms with Crippen molar-refractivity contribution in [2.45, 2.75) is 25.3 Å². The van der Waals surface area contributed by atoms with Crippen molar-refractivity contribution in [1.29, 1.82) is 0 Å². The quantitative estimate of drug-likeness (QED) is 0.585. The summed E-state index contributed by atoms with van der Waals surface area (Å²) in [5.41, 5.74) is 3.20. The van der Waals surface area contributed by atoms with Crippen LogP contribution in [0.25, 0.3) is 11.4 Å². The molecule has 9 heteroatoms. The fraction of sp³-hybridized carbons (Fsp3) is 0.292. The molecular formula is C24H23ClN4O4. The number of hydrogen-bond donors (Lipinski definition) is 1. The Morgan fingerprint density at radius 1 is 1.03 bits per heavy atom. The first-order valence-corrected chi connectivity index (χ1v) is 11.0. The van der Waals surface area contributed by atoms with Gasteiger partial charge in [-0.25, -0.2) is 4.68 Å². The van der Waals surface area contributed by atoms with Crippen molar-refractivity contribution in [2.75, 3.05) is 26.6 Å². The highest BCUT2D eigenvalue weighted by Crippen LogP contribution is 2.45. The van der Waals surface area contributed by atoms with Crippen LogP contribution in [-0.2, 0) is 4.79 Å². The molecule has 1 aromatic heterocycles. The van der Waals surface area contributed by atoms with Gasteiger partial charge in [0.1, 0.15) is 6.04 Å². The number of rotatable bonds is 5. The molecule has 33 heavy (non-hydrogen) atoms. The van der Waals surface area contributed by atoms with E-state index in [-0.39, 0.29) is 5.78 Å². The number of nitrogens with zero attached hydrogens (tertiary/aromatic N) is 3. The zero-order valence-electron chi connectivity index (χ0n) is 18.5. The van der Waals surface area contributed by atoms with E-state index in [9.17, 15) is 4.79 Å². The molecule has 3 aromatic rings. The molecule has 0 amide bonds. The predicted molar refractivity (Wildman–Crippen MR) is 124 cm³/mol. The van der Waals surface area contributed by atoms with Gasteiger partial charge in [0.05, 0.1) is 21.3 Å². The van der Waals surface area contributed by atoms with Gasteiger partial charge in [-0.05, 0) is 54.8 Å². The van der Waals surface area contributed by atoms with E-state index in [1.54, 1.807) is 38.1 Å². The number of ketones is 1. The number of methoxy groups -OCH3 is 3. The van der Waals surface area contributed by atoms with Gasteiger partial charge in [-0.1, -0.05) is 11.6 Å². The van der Waals surface area contributed by atoms with E-state index >= 15 is 0 Å². The number of hydrogen-bond acceptors (Lipinski definition) is 7. The van der Waals surface area contributed by atoms with Gasteiger partial charge in [-0.15, -0.1) is 5.10 Å². The summed E-state index contributed by atoms with van der Waals surface area (Å²) in [6, 6.07) is 10.6. The molecule has 1 aliphatic carbocycles. The Hall–Kier alpha value is -3.52. The van der Waals surface area contributed by atoms with Crippen molar-refractivity contribution in [3.63, 3.8) is 0 Å². The predicted octanol–water partition coefficient (Wildman–Crippen LogP) is 4.65. The van der Waals surface area contributed by atoms with Crippen LogP contribution in [0, 0.1) is 0 Å². The zero-order valence-corrected chi connectivity index (χ0v) is 19.3. The fourth-order valence-corrected chi connectivity index (χ4v) is 4.57. The molecule has 1 atom stereocenters. The average molecular weight is 467 g/mol. The third-order valence-corrected chi connectivity index (χ3v) is 6.23. The van der Waals surface area contributed by atoms with Crippen LogP contribution in [0.1, 0.15) is 30.9 Å². The summed E-state index contributed by atoms with van der Waals surface area (Å²) in [5.74, 6) is 2.72. The Balaban J connectivity index is 1.70. The van der Waals surface area contributed by atoms with E-state index in [0.717, 1.165) is 29.7 Å². The summed E-state index contributed by atoms with van der Waals surface area (Å²) >= 11 is 6.05. The number of halogens is 1. The average Bonchev–Trinajstić information content (AvgIpc) is 3.26. The van der Waals surface area contributed by atoms with Gasteiger partial charge in [0.2, 0.25) is 11.7 Å². The Morgan fingerprint density at radius 3 is 2.36 bits per heavy atom. The molecule has 1 aliphatic heterocycles. The van der Waals surface area contributed by atoms with Gasteiger partial charge < -0.3 is 19.5 Å². The van der Waals surface area contributed by atoms with Crippen molar-refractivity contribution in [3.8, 4) is 28.6 Å². The molecule has 8 nitrogen and oxygen atoms in total. The van der Waals surface area contributed by atoms with E-state index in [1.165, 1.54) is 0 Å². The topological polar surface area (TPSA) is 87.5 Å². The maximum absolute atomic E-state index is 13.1. The number of anilines is 1. The highest BCUT2D eigenvalue weighted by Gasteiger charge is 2.37. The number of aromatic nitrogens is 3. The smallest absolute Gasteiger partial charge is 0.226 e. The van der Waals surface area contributed by atoms with Crippen LogP contribution in [0.4, 0.5) is 5.95 Å². The summed E-state index contributed by atoms with van der Waals surface area (Å²) < 4.78 is 18.4. The molecule has 0 bridgehead atoms. The van der Waals surface area contributed by atoms with Gasteiger partial charge in [0.25, 0.3) is 0 Å². The van der Waals surface area contributed by atoms with E-state index < -0.39 is 6.04 Å². The lowest BCUT2D eigenvalue weighted by atomic mass is 9.85. The van der Waals surface area contributed by atoms with Crippen molar-refractivity contribution >= 4 is 23.3 Å². The van der Waals surface area contributed by atoms with E-state index in [0.29, 0.717) is 46.0 Å². The molecule has 2 aliphatic rings. The Bertz CT molecular complexity index is 1240. The number of fused-ring (bicyclic) bond motifs is 1. The monoisotopic (exact) mass is 466 g/mol. The molecule has 170 valence electrons. The molecule has 2 aromatic carbocycles. The number of carbonyl (C=O) groups is 1. The third kappa shape index (κ3) is 3.60. The van der Waals surface area contributed by atoms with Crippen LogP contribution >= 0.6 is 11.6 Å². The zero-order chi connectivity index (χ0) is 23.1. The van der Waals surface area contributed by atoms with Crippen molar-refractivity contribution in [1.82, 2.24) is 14.8 Å². The van der Waals surface area contributed by atoms with E-state index in [4.69, 9.17) is 35.9 Å². The van der Waals surface area contributed by atoms with Crippen LogP contribution in [0.15, 0.2) is 47.7 Å². The summed E-state index contributed by atoms with van der Waals surface area (Å²) in [7, 11) is 4.70. The first-order valence-electron chi connectivity index (χ1n) is 10.6. The molecule has 0 spiro atoms. The summed E-state index contributed by atoms with van der Waals surface area (Å²) in [6.45, 7) is 0. The molecule has 1 N–H and O–H groups in total. The van der Waals surface area contributed by atoms with Crippen LogP contribution in [0.5, 0.6) is 17.2 Å². The molecular weight excluding hydrogens is 444 g/mol. The number of ether oxygens (including phenoxy) is 3. The fourth-order valence-electron chi connectivity index (χ4n) is 4.44. The van der Waals surface area contributed by atoms with E-state index in [2.05, 4.69) is 5.32 Å². The Kier molecular flexibility index (Phi) is 5.46. The standard InChI is InChI=1S/C24H23ClN4O4/c1-31-18-11-14(12-19(32-2)22(18)33-3)21-20-16(5-4-6-17(20)30)26-24-27-23(28-29(21)24)13-7-9-15(25)10-8-13/h7-12,21H,4-6H2,1-3H3,(H,26,27,28). The lowest BCUT2D eigenvalue weighted by Gasteiger charge is -2.32. The van der Waals surface area contributed by atoms with Crippen LogP contribution in [0.3, 0.4) is 0 Å². The maximum atomic E-state index is 13.1. The lowest BCUT2D eigenvalue weighted by molar-refractivity contribution is -0.116. The largest absolute Gasteiger partial charge is 0.493 e. The molecule has 0 radical (unpaired) electrons. The van der Waals surface area contributed by atoms with Gasteiger partial charge in [0, 0.05) is 28.3 Å². The molecule has 0 saturated carbocycles. The number of Topliss-reactive ketones (excluding diaryl/α,β-unsaturated/α-hetero) is 1. The molecule has 5 rings (SSSR count). The van der Waals surface area contributed by atoms with Crippen molar-refractivity contribution in [2.24, 2.45) is 0 Å². The minimum absolute atomic E-state index is 0.0942. The van der Waals surface area contributed by atoms with Crippen molar-refractivity contribution in [3.05, 3.63) is 58.3 Å². The summed E-state index contributed by atoms with van der Waals surface area (Å²) in [4.78, 5) is 17.8. The number of carbonyl (C=O) groups excluding carboxylic acids is 1. The molecule has 0 saturated heterocycles.